The maximum atomic E-state index is 14.2. The summed E-state index contributed by atoms with van der Waals surface area (Å²) in [6, 6.07) is 13.8. The molecule has 0 aromatic heterocycles. The Morgan fingerprint density at radius 3 is 1.72 bits per heavy atom. The number of esters is 1. The van der Waals surface area contributed by atoms with Crippen molar-refractivity contribution in [3.8, 4) is 11.5 Å². The van der Waals surface area contributed by atoms with E-state index in [-0.39, 0.29) is 37.1 Å². The van der Waals surface area contributed by atoms with E-state index in [4.69, 9.17) is 29.8 Å². The van der Waals surface area contributed by atoms with Crippen LogP contribution in [0.1, 0.15) is 80.4 Å². The van der Waals surface area contributed by atoms with Gasteiger partial charge in [0, 0.05) is 26.4 Å². The molecule has 0 aliphatic carbocycles. The Morgan fingerprint density at radius 2 is 1.30 bits per heavy atom. The molecule has 11 heteroatoms. The normalized spacial score (nSPS) is 17.6. The first kappa shape index (κ1) is 39.2. The van der Waals surface area contributed by atoms with E-state index in [9.17, 15) is 14.4 Å². The maximum absolute atomic E-state index is 14.2. The highest BCUT2D eigenvalue weighted by Crippen LogP contribution is 2.27. The number of carbonyl (C=O) groups is 4. The van der Waals surface area contributed by atoms with Crippen LogP contribution in [0.5, 0.6) is 11.5 Å². The van der Waals surface area contributed by atoms with E-state index in [1.165, 1.54) is 4.90 Å². The number of nitrogens with two attached hydrogens (primary N) is 1. The molecule has 2 aromatic carbocycles. The molecule has 1 aliphatic heterocycles. The zero-order valence-electron chi connectivity index (χ0n) is 29.6. The maximum Gasteiger partial charge on any atom is 0.326 e. The van der Waals surface area contributed by atoms with E-state index in [1.54, 1.807) is 20.8 Å². The number of ether oxygens (including phenoxy) is 3. The number of nitrogens with zero attached hydrogens (tertiary/aromatic N) is 1. The van der Waals surface area contributed by atoms with Crippen LogP contribution in [0.4, 0.5) is 0 Å². The topological polar surface area (TPSA) is 157 Å². The molecule has 0 bridgehead atoms. The molecule has 0 radical (unpaired) electrons. The summed E-state index contributed by atoms with van der Waals surface area (Å²) in [5.74, 6) is -0.893. The van der Waals surface area contributed by atoms with E-state index >= 15 is 0 Å². The van der Waals surface area contributed by atoms with Crippen LogP contribution in [-0.4, -0.2) is 81.7 Å². The molecule has 0 saturated carbocycles. The number of amides is 1. The molecule has 47 heavy (non-hydrogen) atoms. The lowest BCUT2D eigenvalue weighted by Crippen LogP contribution is -2.72. The predicted molar refractivity (Wildman–Crippen MR) is 181 cm³/mol. The lowest BCUT2D eigenvalue weighted by Gasteiger charge is -2.42. The van der Waals surface area contributed by atoms with Crippen LogP contribution in [0.3, 0.4) is 0 Å². The molecular formula is C36H53N3O8. The van der Waals surface area contributed by atoms with Gasteiger partial charge in [0.15, 0.2) is 11.3 Å². The minimum Gasteiger partial charge on any atom is -0.488 e. The zero-order chi connectivity index (χ0) is 35.8. The Hall–Kier alpha value is -3.96. The Labute approximate surface area is 279 Å². The summed E-state index contributed by atoms with van der Waals surface area (Å²) >= 11 is 0. The van der Waals surface area contributed by atoms with E-state index < -0.39 is 40.8 Å². The van der Waals surface area contributed by atoms with Crippen molar-refractivity contribution in [3.63, 3.8) is 0 Å². The minimum absolute atomic E-state index is 0.0668. The highest BCUT2D eigenvalue weighted by atomic mass is 16.6. The van der Waals surface area contributed by atoms with Crippen molar-refractivity contribution < 1.29 is 38.5 Å². The number of hydrogen-bond acceptors (Lipinski definition) is 9. The average Bonchev–Trinajstić information content (AvgIpc) is 2.90. The summed E-state index contributed by atoms with van der Waals surface area (Å²) in [7, 11) is 0. The molecule has 11 nitrogen and oxygen atoms in total. The predicted octanol–water partition coefficient (Wildman–Crippen LogP) is 4.33. The van der Waals surface area contributed by atoms with Crippen molar-refractivity contribution in [1.29, 1.82) is 0 Å². The van der Waals surface area contributed by atoms with Crippen LogP contribution in [0.15, 0.2) is 48.5 Å². The molecule has 1 heterocycles. The second kappa shape index (κ2) is 15.8. The van der Waals surface area contributed by atoms with Crippen molar-refractivity contribution >= 4 is 23.6 Å². The molecule has 4 N–H and O–H groups in total. The van der Waals surface area contributed by atoms with E-state index in [0.29, 0.717) is 18.0 Å². The Kier molecular flexibility index (Phi) is 13.1. The fraction of sp³-hybridized carbons (Fsp3) is 0.556. The van der Waals surface area contributed by atoms with Crippen LogP contribution >= 0.6 is 0 Å². The van der Waals surface area contributed by atoms with E-state index in [1.807, 2.05) is 90.1 Å². The van der Waals surface area contributed by atoms with Crippen LogP contribution < -0.4 is 20.5 Å². The monoisotopic (exact) mass is 655 g/mol. The van der Waals surface area contributed by atoms with Gasteiger partial charge in [0.05, 0.1) is 6.04 Å². The lowest BCUT2D eigenvalue weighted by molar-refractivity contribution is -0.162. The summed E-state index contributed by atoms with van der Waals surface area (Å²) < 4.78 is 17.3. The summed E-state index contributed by atoms with van der Waals surface area (Å²) in [6.07, 6.45) is 0.299. The number of piperazine rings is 1. The first-order valence-electron chi connectivity index (χ1n) is 15.8. The summed E-state index contributed by atoms with van der Waals surface area (Å²) in [4.78, 5) is 51.4. The Morgan fingerprint density at radius 1 is 0.851 bits per heavy atom. The number of benzene rings is 2. The fourth-order valence-corrected chi connectivity index (χ4v) is 4.99. The van der Waals surface area contributed by atoms with Crippen LogP contribution in [0, 0.1) is 0 Å². The van der Waals surface area contributed by atoms with Gasteiger partial charge in [-0.2, -0.15) is 0 Å². The largest absolute Gasteiger partial charge is 0.488 e. The van der Waals surface area contributed by atoms with Crippen molar-refractivity contribution in [2.75, 3.05) is 19.6 Å². The van der Waals surface area contributed by atoms with Crippen LogP contribution in [0.25, 0.3) is 0 Å². The average molecular weight is 656 g/mol. The summed E-state index contributed by atoms with van der Waals surface area (Å²) in [6.45, 7) is 18.5. The number of Topliss-reactive ketones (excluding diaryl/α,β-unsaturated/α-hetero) is 1. The van der Waals surface area contributed by atoms with Crippen LogP contribution in [0.2, 0.25) is 0 Å². The summed E-state index contributed by atoms with van der Waals surface area (Å²) in [5, 5.41) is 10.6. The highest BCUT2D eigenvalue weighted by molar-refractivity contribution is 6.13. The fourth-order valence-electron chi connectivity index (χ4n) is 4.99. The minimum atomic E-state index is -1.65. The number of nitrogens with one attached hydrogen (secondary N) is 1. The molecule has 2 aromatic rings. The number of carboxylic acid groups (broad SMARTS) is 1. The SMILES string of the molecule is CC(=O)O.CC(C)(C)OC(=O)CN1CCN[C@@](Cc2ccc(OC(C)(C)C)cc2)(C(=O)[C@@H](N)Cc2ccc(OC(C)(C)C)cc2)C1=O. The van der Waals surface area contributed by atoms with Gasteiger partial charge in [0.1, 0.15) is 34.8 Å². The molecule has 1 aliphatic rings. The smallest absolute Gasteiger partial charge is 0.326 e. The van der Waals surface area contributed by atoms with Crippen molar-refractivity contribution in [1.82, 2.24) is 10.2 Å². The number of hydrogen-bond donors (Lipinski definition) is 3. The lowest BCUT2D eigenvalue weighted by atomic mass is 9.79. The van der Waals surface area contributed by atoms with Crippen molar-refractivity contribution in [2.45, 2.75) is 110 Å². The molecule has 1 fully saturated rings. The Bertz CT molecular complexity index is 1370. The molecule has 0 spiro atoms. The number of ketones is 1. The van der Waals surface area contributed by atoms with Gasteiger partial charge < -0.3 is 30.0 Å². The van der Waals surface area contributed by atoms with Gasteiger partial charge in [-0.1, -0.05) is 24.3 Å². The third-order valence-corrected chi connectivity index (χ3v) is 6.58. The molecule has 3 rings (SSSR count). The quantitative estimate of drug-likeness (QED) is 0.249. The number of carboxylic acids is 1. The zero-order valence-corrected chi connectivity index (χ0v) is 29.6. The number of rotatable bonds is 10. The van der Waals surface area contributed by atoms with Crippen LogP contribution in [-0.2, 0) is 36.8 Å². The van der Waals surface area contributed by atoms with Gasteiger partial charge in [-0.05, 0) is 104 Å². The Balaban J connectivity index is 0.00000181. The molecule has 0 unspecified atom stereocenters. The van der Waals surface area contributed by atoms with E-state index in [0.717, 1.165) is 18.1 Å². The van der Waals surface area contributed by atoms with Crippen molar-refractivity contribution in [3.05, 3.63) is 59.7 Å². The van der Waals surface area contributed by atoms with E-state index in [2.05, 4.69) is 5.32 Å². The highest BCUT2D eigenvalue weighted by Gasteiger charge is 2.51. The van der Waals surface area contributed by atoms with Gasteiger partial charge in [-0.25, -0.2) is 0 Å². The standard InChI is InChI=1S/C34H49N3O6.C2H4O2/c1-31(2,3)41-25-14-10-23(11-15-25)20-27(35)29(39)34(21-24-12-16-26(17-13-24)42-32(4,5)6)30(40)37(19-18-36-34)22-28(38)43-33(7,8)9;1-2(3)4/h10-17,27,36H,18-22,35H2,1-9H3;1H3,(H,3,4)/t27-,34-;/m0./s1. The first-order valence-corrected chi connectivity index (χ1v) is 15.8. The second-order valence-electron chi connectivity index (χ2n) is 14.7. The molecule has 260 valence electrons. The molecule has 1 saturated heterocycles. The molecule has 2 atom stereocenters. The third kappa shape index (κ3) is 13.4. The number of aliphatic carboxylic acids is 1. The van der Waals surface area contributed by atoms with Gasteiger partial charge in [-0.15, -0.1) is 0 Å². The third-order valence-electron chi connectivity index (χ3n) is 6.58. The molecular weight excluding hydrogens is 602 g/mol. The number of carbonyl (C=O) groups excluding carboxylic acids is 3. The first-order chi connectivity index (χ1) is 21.5. The van der Waals surface area contributed by atoms with Gasteiger partial charge in [0.2, 0.25) is 0 Å². The van der Waals surface area contributed by atoms with Gasteiger partial charge in [0.25, 0.3) is 11.9 Å². The molecule has 1 amide bonds. The van der Waals surface area contributed by atoms with Crippen molar-refractivity contribution in [2.24, 2.45) is 5.73 Å². The second-order valence-corrected chi connectivity index (χ2v) is 14.7. The summed E-state index contributed by atoms with van der Waals surface area (Å²) in [5.41, 5.74) is 5.08. The van der Waals surface area contributed by atoms with Gasteiger partial charge >= 0.3 is 5.97 Å². The van der Waals surface area contributed by atoms with Gasteiger partial charge in [-0.3, -0.25) is 24.5 Å².